The predicted octanol–water partition coefficient (Wildman–Crippen LogP) is 2.96. The van der Waals surface area contributed by atoms with Gasteiger partial charge in [0.2, 0.25) is 0 Å². The van der Waals surface area contributed by atoms with E-state index in [-0.39, 0.29) is 18.9 Å². The van der Waals surface area contributed by atoms with E-state index in [1.807, 2.05) is 6.92 Å². The van der Waals surface area contributed by atoms with Crippen LogP contribution in [0.5, 0.6) is 5.75 Å². The fourth-order valence-electron chi connectivity index (χ4n) is 1.91. The van der Waals surface area contributed by atoms with Crippen LogP contribution in [0, 0.1) is 13.8 Å². The Kier molecular flexibility index (Phi) is 5.61. The van der Waals surface area contributed by atoms with Crippen molar-refractivity contribution in [2.24, 2.45) is 0 Å². The van der Waals surface area contributed by atoms with Crippen molar-refractivity contribution < 1.29 is 23.0 Å². The molecule has 0 spiro atoms. The summed E-state index contributed by atoms with van der Waals surface area (Å²) >= 11 is 0. The van der Waals surface area contributed by atoms with Gasteiger partial charge in [-0.1, -0.05) is 0 Å². The largest absolute Gasteiger partial charge is 0.491 e. The van der Waals surface area contributed by atoms with E-state index in [1.54, 1.807) is 13.1 Å². The molecular weight excluding hydrogens is 323 g/mol. The monoisotopic (exact) mass is 341 g/mol. The van der Waals surface area contributed by atoms with Crippen molar-refractivity contribution in [3.05, 3.63) is 47.4 Å². The molecule has 0 aliphatic heterocycles. The molecule has 0 saturated heterocycles. The predicted molar refractivity (Wildman–Crippen MR) is 82.9 cm³/mol. The number of alkyl halides is 3. The second-order valence-electron chi connectivity index (χ2n) is 5.31. The summed E-state index contributed by atoms with van der Waals surface area (Å²) in [5, 5.41) is 12.9. The Labute approximate surface area is 137 Å². The quantitative estimate of drug-likeness (QED) is 0.846. The van der Waals surface area contributed by atoms with Crippen LogP contribution in [-0.4, -0.2) is 34.3 Å². The first-order chi connectivity index (χ1) is 11.3. The Morgan fingerprint density at radius 3 is 2.50 bits per heavy atom. The van der Waals surface area contributed by atoms with E-state index in [9.17, 15) is 18.3 Å². The highest BCUT2D eigenvalue weighted by molar-refractivity contribution is 5.39. The normalized spacial score (nSPS) is 12.8. The molecule has 0 bridgehead atoms. The number of benzene rings is 1. The molecular formula is C16H18F3N3O2. The molecule has 8 heteroatoms. The number of ether oxygens (including phenoxy) is 1. The summed E-state index contributed by atoms with van der Waals surface area (Å²) in [5.41, 5.74) is 0.709. The first-order valence-electron chi connectivity index (χ1n) is 7.28. The molecule has 5 nitrogen and oxygen atoms in total. The molecule has 1 heterocycles. The number of aliphatic hydroxyl groups is 1. The molecule has 1 aromatic carbocycles. The lowest BCUT2D eigenvalue weighted by molar-refractivity contribution is -0.137. The number of nitrogens with one attached hydrogen (secondary N) is 1. The van der Waals surface area contributed by atoms with E-state index in [2.05, 4.69) is 15.3 Å². The molecule has 2 rings (SSSR count). The highest BCUT2D eigenvalue weighted by atomic mass is 19.4. The van der Waals surface area contributed by atoms with Crippen molar-refractivity contribution in [2.75, 3.05) is 18.5 Å². The smallest absolute Gasteiger partial charge is 0.416 e. The van der Waals surface area contributed by atoms with Crippen LogP contribution in [0.25, 0.3) is 0 Å². The zero-order chi connectivity index (χ0) is 17.7. The molecule has 2 N–H and O–H groups in total. The van der Waals surface area contributed by atoms with Gasteiger partial charge in [-0.2, -0.15) is 13.2 Å². The maximum absolute atomic E-state index is 12.5. The average Bonchev–Trinajstić information content (AvgIpc) is 2.53. The molecule has 0 fully saturated rings. The third-order valence-corrected chi connectivity index (χ3v) is 3.21. The standard InChI is InChI=1S/C16H18F3N3O2/c1-10-7-20-11(2)15(22-10)21-8-13(23)9-24-14-5-3-12(4-6-14)16(17,18)19/h3-7,13,23H,8-9H2,1-2H3,(H,21,22). The van der Waals surface area contributed by atoms with Gasteiger partial charge in [-0.05, 0) is 38.1 Å². The van der Waals surface area contributed by atoms with Crippen LogP contribution >= 0.6 is 0 Å². The van der Waals surface area contributed by atoms with Crippen molar-refractivity contribution in [1.29, 1.82) is 0 Å². The molecule has 1 atom stereocenters. The SMILES string of the molecule is Cc1cnc(C)c(NCC(O)COc2ccc(C(F)(F)F)cc2)n1. The minimum absolute atomic E-state index is 0.0589. The van der Waals surface area contributed by atoms with Crippen molar-refractivity contribution in [3.8, 4) is 5.75 Å². The summed E-state index contributed by atoms with van der Waals surface area (Å²) in [6.07, 6.45) is -3.59. The highest BCUT2D eigenvalue weighted by Crippen LogP contribution is 2.30. The van der Waals surface area contributed by atoms with Gasteiger partial charge in [-0.25, -0.2) is 4.98 Å². The topological polar surface area (TPSA) is 67.3 Å². The van der Waals surface area contributed by atoms with Crippen molar-refractivity contribution in [3.63, 3.8) is 0 Å². The first-order valence-corrected chi connectivity index (χ1v) is 7.28. The molecule has 0 radical (unpaired) electrons. The van der Waals surface area contributed by atoms with Crippen molar-refractivity contribution in [2.45, 2.75) is 26.1 Å². The Hall–Kier alpha value is -2.35. The van der Waals surface area contributed by atoms with Crippen LogP contribution in [-0.2, 0) is 6.18 Å². The van der Waals surface area contributed by atoms with Crippen LogP contribution in [0.2, 0.25) is 0 Å². The highest BCUT2D eigenvalue weighted by Gasteiger charge is 2.30. The first kappa shape index (κ1) is 18.0. The summed E-state index contributed by atoms with van der Waals surface area (Å²) in [7, 11) is 0. The fraction of sp³-hybridized carbons (Fsp3) is 0.375. The lowest BCUT2D eigenvalue weighted by atomic mass is 10.2. The number of hydrogen-bond donors (Lipinski definition) is 2. The summed E-state index contributed by atoms with van der Waals surface area (Å²) in [4.78, 5) is 8.41. The summed E-state index contributed by atoms with van der Waals surface area (Å²) < 4.78 is 42.7. The number of halogens is 3. The third-order valence-electron chi connectivity index (χ3n) is 3.21. The van der Waals surface area contributed by atoms with Gasteiger partial charge in [0.05, 0.1) is 17.0 Å². The molecule has 1 unspecified atom stereocenters. The third kappa shape index (κ3) is 5.09. The van der Waals surface area contributed by atoms with Crippen LogP contribution in [0.15, 0.2) is 30.5 Å². The van der Waals surface area contributed by atoms with Crippen LogP contribution < -0.4 is 10.1 Å². The van der Waals surface area contributed by atoms with Crippen molar-refractivity contribution >= 4 is 5.82 Å². The molecule has 0 saturated carbocycles. The Morgan fingerprint density at radius 1 is 1.21 bits per heavy atom. The molecule has 0 amide bonds. The van der Waals surface area contributed by atoms with E-state index in [1.165, 1.54) is 12.1 Å². The van der Waals surface area contributed by atoms with E-state index in [0.717, 1.165) is 17.8 Å². The van der Waals surface area contributed by atoms with Gasteiger partial charge in [0.15, 0.2) is 0 Å². The van der Waals surface area contributed by atoms with E-state index >= 15 is 0 Å². The molecule has 24 heavy (non-hydrogen) atoms. The number of nitrogens with zero attached hydrogens (tertiary/aromatic N) is 2. The molecule has 1 aromatic heterocycles. The lowest BCUT2D eigenvalue weighted by Gasteiger charge is -2.15. The average molecular weight is 341 g/mol. The van der Waals surface area contributed by atoms with Crippen molar-refractivity contribution in [1.82, 2.24) is 9.97 Å². The van der Waals surface area contributed by atoms with E-state index in [4.69, 9.17) is 4.74 Å². The zero-order valence-corrected chi connectivity index (χ0v) is 13.3. The number of rotatable bonds is 6. The van der Waals surface area contributed by atoms with Crippen LogP contribution in [0.3, 0.4) is 0 Å². The number of hydrogen-bond acceptors (Lipinski definition) is 5. The van der Waals surface area contributed by atoms with Crippen LogP contribution in [0.1, 0.15) is 17.0 Å². The number of aliphatic hydroxyl groups excluding tert-OH is 1. The molecule has 0 aliphatic carbocycles. The second-order valence-corrected chi connectivity index (χ2v) is 5.31. The van der Waals surface area contributed by atoms with Gasteiger partial charge < -0.3 is 15.2 Å². The van der Waals surface area contributed by atoms with Gasteiger partial charge in [-0.3, -0.25) is 4.98 Å². The lowest BCUT2D eigenvalue weighted by Crippen LogP contribution is -2.27. The van der Waals surface area contributed by atoms with Crippen LogP contribution in [0.4, 0.5) is 19.0 Å². The molecule has 2 aromatic rings. The molecule has 0 aliphatic rings. The van der Waals surface area contributed by atoms with Gasteiger partial charge in [0.1, 0.15) is 24.3 Å². The zero-order valence-electron chi connectivity index (χ0n) is 13.3. The molecule has 130 valence electrons. The Balaban J connectivity index is 1.82. The number of anilines is 1. The minimum atomic E-state index is -4.38. The van der Waals surface area contributed by atoms with Gasteiger partial charge in [-0.15, -0.1) is 0 Å². The van der Waals surface area contributed by atoms with E-state index < -0.39 is 17.8 Å². The Bertz CT molecular complexity index is 675. The summed E-state index contributed by atoms with van der Waals surface area (Å²) in [6.45, 7) is 3.72. The maximum atomic E-state index is 12.5. The van der Waals surface area contributed by atoms with Gasteiger partial charge >= 0.3 is 6.18 Å². The fourth-order valence-corrected chi connectivity index (χ4v) is 1.91. The summed E-state index contributed by atoms with van der Waals surface area (Å²) in [5.74, 6) is 0.831. The van der Waals surface area contributed by atoms with Gasteiger partial charge in [0, 0.05) is 12.7 Å². The van der Waals surface area contributed by atoms with E-state index in [0.29, 0.717) is 11.5 Å². The number of aromatic nitrogens is 2. The maximum Gasteiger partial charge on any atom is 0.416 e. The van der Waals surface area contributed by atoms with Gasteiger partial charge in [0.25, 0.3) is 0 Å². The second kappa shape index (κ2) is 7.48. The number of aryl methyl sites for hydroxylation is 2. The minimum Gasteiger partial charge on any atom is -0.491 e. The Morgan fingerprint density at radius 2 is 1.88 bits per heavy atom. The summed E-state index contributed by atoms with van der Waals surface area (Å²) in [6, 6.07) is 4.32.